The number of anilines is 1. The van der Waals surface area contributed by atoms with Crippen LogP contribution in [0.25, 0.3) is 11.5 Å². The van der Waals surface area contributed by atoms with Crippen molar-refractivity contribution < 1.29 is 13.9 Å². The van der Waals surface area contributed by atoms with Gasteiger partial charge in [0.15, 0.2) is 0 Å². The summed E-state index contributed by atoms with van der Waals surface area (Å²) in [6.07, 6.45) is 4.85. The third-order valence-electron chi connectivity index (χ3n) is 7.75. The van der Waals surface area contributed by atoms with Gasteiger partial charge in [-0.3, -0.25) is 9.80 Å². The zero-order valence-corrected chi connectivity index (χ0v) is 24.1. The first-order valence-electron chi connectivity index (χ1n) is 13.5. The predicted molar refractivity (Wildman–Crippen MR) is 150 cm³/mol. The Labute approximate surface area is 238 Å². The first-order chi connectivity index (χ1) is 18.6. The highest BCUT2D eigenvalue weighted by molar-refractivity contribution is 6.33. The molecule has 2 aliphatic heterocycles. The molecule has 1 unspecified atom stereocenters. The second kappa shape index (κ2) is 11.7. The van der Waals surface area contributed by atoms with Gasteiger partial charge in [0, 0.05) is 55.0 Å². The van der Waals surface area contributed by atoms with Gasteiger partial charge in [0.2, 0.25) is 11.8 Å². The molecule has 11 heteroatoms. The SMILES string of the molecule is CCC1CN(c2ncc(-c3nnc(C(C)(C)O)o3)cc2Cl)CCN1C1CCN(Cc2ccc(Cl)cc2F)CC1. The number of aromatic nitrogens is 3. The first-order valence-corrected chi connectivity index (χ1v) is 14.3. The van der Waals surface area contributed by atoms with Crippen molar-refractivity contribution in [2.75, 3.05) is 37.6 Å². The second-order valence-corrected chi connectivity index (χ2v) is 11.8. The molecule has 0 aliphatic carbocycles. The average Bonchev–Trinajstić information content (AvgIpc) is 3.42. The number of likely N-dealkylation sites (tertiary alicyclic amines) is 1. The summed E-state index contributed by atoms with van der Waals surface area (Å²) in [6, 6.07) is 7.63. The van der Waals surface area contributed by atoms with E-state index in [0.717, 1.165) is 57.8 Å². The summed E-state index contributed by atoms with van der Waals surface area (Å²) in [5.41, 5.74) is 0.0930. The number of rotatable bonds is 7. The van der Waals surface area contributed by atoms with Crippen molar-refractivity contribution in [2.24, 2.45) is 0 Å². The lowest BCUT2D eigenvalue weighted by molar-refractivity contribution is 0.0488. The summed E-state index contributed by atoms with van der Waals surface area (Å²) in [4.78, 5) is 11.9. The third-order valence-corrected chi connectivity index (χ3v) is 8.26. The van der Waals surface area contributed by atoms with Crippen molar-refractivity contribution in [1.82, 2.24) is 25.0 Å². The van der Waals surface area contributed by atoms with Gasteiger partial charge in [-0.15, -0.1) is 10.2 Å². The maximum absolute atomic E-state index is 14.3. The van der Waals surface area contributed by atoms with E-state index in [9.17, 15) is 9.50 Å². The Morgan fingerprint density at radius 1 is 1.10 bits per heavy atom. The maximum Gasteiger partial charge on any atom is 0.249 e. The van der Waals surface area contributed by atoms with Crippen LogP contribution in [0.3, 0.4) is 0 Å². The Hall–Kier alpha value is -2.30. The van der Waals surface area contributed by atoms with Gasteiger partial charge in [0.1, 0.15) is 17.2 Å². The molecule has 1 aromatic carbocycles. The summed E-state index contributed by atoms with van der Waals surface area (Å²) < 4.78 is 19.9. The van der Waals surface area contributed by atoms with Crippen LogP contribution in [-0.4, -0.2) is 74.9 Å². The van der Waals surface area contributed by atoms with Crippen LogP contribution in [0.4, 0.5) is 10.2 Å². The lowest BCUT2D eigenvalue weighted by Gasteiger charge is -2.47. The van der Waals surface area contributed by atoms with Gasteiger partial charge in [-0.05, 0) is 64.4 Å². The highest BCUT2D eigenvalue weighted by Crippen LogP contribution is 2.32. The highest BCUT2D eigenvalue weighted by Gasteiger charge is 2.34. The molecule has 1 N–H and O–H groups in total. The second-order valence-electron chi connectivity index (χ2n) is 11.0. The average molecular weight is 578 g/mol. The molecular formula is C28H35Cl2FN6O2. The molecule has 0 radical (unpaired) electrons. The van der Waals surface area contributed by atoms with Gasteiger partial charge in [0.05, 0.1) is 10.6 Å². The van der Waals surface area contributed by atoms with Crippen molar-refractivity contribution >= 4 is 29.0 Å². The predicted octanol–water partition coefficient (Wildman–Crippen LogP) is 5.37. The Morgan fingerprint density at radius 3 is 2.51 bits per heavy atom. The van der Waals surface area contributed by atoms with E-state index in [1.54, 1.807) is 38.2 Å². The number of aliphatic hydroxyl groups is 1. The quantitative estimate of drug-likeness (QED) is 0.402. The smallest absolute Gasteiger partial charge is 0.249 e. The standard InChI is InChI=1S/C28H35Cl2FN6O2/c1-4-21-17-36(25-23(30)13-19(15-32-25)26-33-34-27(39-26)28(2,3)38)11-12-37(21)22-7-9-35(10-8-22)16-18-5-6-20(29)14-24(18)31/h5-6,13-15,21-22,38H,4,7-12,16-17H2,1-3H3. The van der Waals surface area contributed by atoms with E-state index in [2.05, 4.69) is 36.8 Å². The number of piperazine rings is 1. The first kappa shape index (κ1) is 28.2. The van der Waals surface area contributed by atoms with E-state index in [1.807, 2.05) is 0 Å². The Morgan fingerprint density at radius 2 is 1.87 bits per heavy atom. The van der Waals surface area contributed by atoms with Crippen LogP contribution >= 0.6 is 23.2 Å². The molecule has 4 heterocycles. The fourth-order valence-corrected chi connectivity index (χ4v) is 6.02. The van der Waals surface area contributed by atoms with Crippen LogP contribution in [0.1, 0.15) is 51.5 Å². The summed E-state index contributed by atoms with van der Waals surface area (Å²) in [5.74, 6) is 0.931. The van der Waals surface area contributed by atoms with E-state index < -0.39 is 5.60 Å². The number of hydrogen-bond donors (Lipinski definition) is 1. The minimum Gasteiger partial charge on any atom is -0.418 e. The van der Waals surface area contributed by atoms with Gasteiger partial charge < -0.3 is 14.4 Å². The number of hydrogen-bond acceptors (Lipinski definition) is 8. The molecule has 2 aliphatic rings. The monoisotopic (exact) mass is 576 g/mol. The summed E-state index contributed by atoms with van der Waals surface area (Å²) in [6.45, 7) is 10.5. The lowest BCUT2D eigenvalue weighted by Crippen LogP contribution is -2.58. The van der Waals surface area contributed by atoms with E-state index in [4.69, 9.17) is 27.6 Å². The van der Waals surface area contributed by atoms with Gasteiger partial charge in [-0.25, -0.2) is 9.37 Å². The topological polar surface area (TPSA) is 81.8 Å². The van der Waals surface area contributed by atoms with E-state index in [0.29, 0.717) is 39.8 Å². The van der Waals surface area contributed by atoms with Gasteiger partial charge in [-0.1, -0.05) is 36.2 Å². The molecule has 210 valence electrons. The molecule has 0 saturated carbocycles. The van der Waals surface area contributed by atoms with Crippen molar-refractivity contribution in [3.05, 3.63) is 57.8 Å². The third kappa shape index (κ3) is 6.38. The van der Waals surface area contributed by atoms with Crippen molar-refractivity contribution in [3.8, 4) is 11.5 Å². The number of pyridine rings is 1. The molecule has 0 amide bonds. The molecule has 5 rings (SSSR count). The Balaban J connectivity index is 1.19. The molecule has 8 nitrogen and oxygen atoms in total. The van der Waals surface area contributed by atoms with Crippen LogP contribution in [0.2, 0.25) is 10.0 Å². The molecule has 39 heavy (non-hydrogen) atoms. The zero-order chi connectivity index (χ0) is 27.7. The highest BCUT2D eigenvalue weighted by atomic mass is 35.5. The van der Waals surface area contributed by atoms with E-state index in [1.165, 1.54) is 6.07 Å². The number of nitrogens with zero attached hydrogens (tertiary/aromatic N) is 6. The van der Waals surface area contributed by atoms with E-state index in [-0.39, 0.29) is 17.6 Å². The Bertz CT molecular complexity index is 1290. The molecular weight excluding hydrogens is 542 g/mol. The van der Waals surface area contributed by atoms with Crippen LogP contribution in [0, 0.1) is 5.82 Å². The largest absolute Gasteiger partial charge is 0.418 e. The van der Waals surface area contributed by atoms with Crippen LogP contribution in [0.15, 0.2) is 34.9 Å². The Kier molecular flexibility index (Phi) is 8.45. The number of benzene rings is 1. The zero-order valence-electron chi connectivity index (χ0n) is 22.6. The fraction of sp³-hybridized carbons (Fsp3) is 0.536. The minimum atomic E-state index is -1.22. The number of piperidine rings is 1. The molecule has 0 bridgehead atoms. The molecule has 1 atom stereocenters. The van der Waals surface area contributed by atoms with Gasteiger partial charge in [-0.2, -0.15) is 0 Å². The lowest BCUT2D eigenvalue weighted by atomic mass is 9.97. The normalized spacial score (nSPS) is 20.1. The molecule has 2 saturated heterocycles. The van der Waals surface area contributed by atoms with E-state index >= 15 is 0 Å². The number of halogens is 3. The summed E-state index contributed by atoms with van der Waals surface area (Å²) in [5, 5.41) is 19.0. The molecule has 2 aromatic heterocycles. The van der Waals surface area contributed by atoms with Crippen LogP contribution in [0.5, 0.6) is 0 Å². The molecule has 3 aromatic rings. The minimum absolute atomic E-state index is 0.141. The van der Waals surface area contributed by atoms with Crippen LogP contribution < -0.4 is 4.90 Å². The molecule has 0 spiro atoms. The van der Waals surface area contributed by atoms with Gasteiger partial charge >= 0.3 is 0 Å². The fourth-order valence-electron chi connectivity index (χ4n) is 5.57. The van der Waals surface area contributed by atoms with Crippen LogP contribution in [-0.2, 0) is 12.1 Å². The summed E-state index contributed by atoms with van der Waals surface area (Å²) in [7, 11) is 0. The van der Waals surface area contributed by atoms with Crippen molar-refractivity contribution in [1.29, 1.82) is 0 Å². The maximum atomic E-state index is 14.3. The van der Waals surface area contributed by atoms with Gasteiger partial charge in [0.25, 0.3) is 0 Å². The van der Waals surface area contributed by atoms with Crippen molar-refractivity contribution in [3.63, 3.8) is 0 Å². The molecule has 2 fully saturated rings. The van der Waals surface area contributed by atoms with Crippen molar-refractivity contribution in [2.45, 2.75) is 64.3 Å². The summed E-state index contributed by atoms with van der Waals surface area (Å²) >= 11 is 12.6.